The fourth-order valence-corrected chi connectivity index (χ4v) is 3.68. The predicted molar refractivity (Wildman–Crippen MR) is 135 cm³/mol. The minimum atomic E-state index is 1.16. The zero-order chi connectivity index (χ0) is 21.5. The van der Waals surface area contributed by atoms with Crippen molar-refractivity contribution in [3.8, 4) is 0 Å². The van der Waals surface area contributed by atoms with Gasteiger partial charge in [-0.3, -0.25) is 0 Å². The van der Waals surface area contributed by atoms with Crippen molar-refractivity contribution in [1.29, 1.82) is 0 Å². The molecule has 152 valence electrons. The summed E-state index contributed by atoms with van der Waals surface area (Å²) in [6.07, 6.45) is 4.44. The second-order valence-electron chi connectivity index (χ2n) is 7.67. The summed E-state index contributed by atoms with van der Waals surface area (Å²) in [7, 11) is 2.09. The Morgan fingerprint density at radius 1 is 0.581 bits per heavy atom. The van der Waals surface area contributed by atoms with Crippen molar-refractivity contribution in [3.63, 3.8) is 0 Å². The largest absolute Gasteiger partial charge is 0.351 e. The van der Waals surface area contributed by atoms with Crippen LogP contribution in [0.2, 0.25) is 0 Å². The second-order valence-corrected chi connectivity index (χ2v) is 7.67. The van der Waals surface area contributed by atoms with Crippen molar-refractivity contribution in [2.75, 3.05) is 11.9 Å². The lowest BCUT2D eigenvalue weighted by atomic mass is 9.96. The van der Waals surface area contributed by atoms with Crippen LogP contribution in [0.25, 0.3) is 17.2 Å². The first kappa shape index (κ1) is 20.4. The van der Waals surface area contributed by atoms with Crippen molar-refractivity contribution in [2.24, 2.45) is 0 Å². The molecule has 1 nitrogen and oxygen atoms in total. The first-order valence-electron chi connectivity index (χ1n) is 10.6. The molecule has 0 saturated carbocycles. The lowest BCUT2D eigenvalue weighted by Crippen LogP contribution is -2.08. The van der Waals surface area contributed by atoms with E-state index >= 15 is 0 Å². The van der Waals surface area contributed by atoms with Gasteiger partial charge in [0.05, 0.1) is 0 Å². The Labute approximate surface area is 185 Å². The Morgan fingerprint density at radius 2 is 1.03 bits per heavy atom. The first-order chi connectivity index (χ1) is 15.2. The number of hydrogen-bond acceptors (Lipinski definition) is 1. The second kappa shape index (κ2) is 9.77. The summed E-state index contributed by atoms with van der Waals surface area (Å²) in [5.41, 5.74) is 8.48. The summed E-state index contributed by atoms with van der Waals surface area (Å²) >= 11 is 0. The van der Waals surface area contributed by atoms with E-state index in [-0.39, 0.29) is 0 Å². The quantitative estimate of drug-likeness (QED) is 0.298. The molecule has 0 N–H and O–H groups in total. The molecule has 0 atom stereocenters. The van der Waals surface area contributed by atoms with Crippen molar-refractivity contribution in [2.45, 2.75) is 6.92 Å². The Morgan fingerprint density at radius 3 is 1.52 bits per heavy atom. The SMILES string of the molecule is CC(=CN(C)c1ccc(C=C(c2ccccc2)c2ccccc2)cc1)c1ccccc1. The van der Waals surface area contributed by atoms with Gasteiger partial charge in [0.1, 0.15) is 0 Å². The minimum Gasteiger partial charge on any atom is -0.351 e. The highest BCUT2D eigenvalue weighted by molar-refractivity contribution is 5.91. The van der Waals surface area contributed by atoms with Crippen molar-refractivity contribution in [1.82, 2.24) is 0 Å². The van der Waals surface area contributed by atoms with Gasteiger partial charge in [0, 0.05) is 18.9 Å². The van der Waals surface area contributed by atoms with E-state index in [1.807, 2.05) is 6.07 Å². The smallest absolute Gasteiger partial charge is 0.0403 e. The molecule has 0 fully saturated rings. The molecule has 0 radical (unpaired) electrons. The molecule has 31 heavy (non-hydrogen) atoms. The van der Waals surface area contributed by atoms with Crippen LogP contribution in [0.15, 0.2) is 121 Å². The summed E-state index contributed by atoms with van der Waals surface area (Å²) in [4.78, 5) is 2.17. The summed E-state index contributed by atoms with van der Waals surface area (Å²) in [6, 6.07) is 40.3. The molecular weight excluding hydrogens is 374 g/mol. The van der Waals surface area contributed by atoms with E-state index in [4.69, 9.17) is 0 Å². The third-order valence-corrected chi connectivity index (χ3v) is 5.40. The van der Waals surface area contributed by atoms with E-state index in [1.54, 1.807) is 0 Å². The molecule has 4 aromatic rings. The number of benzene rings is 4. The normalized spacial score (nSPS) is 11.1. The van der Waals surface area contributed by atoms with E-state index in [1.165, 1.54) is 33.4 Å². The van der Waals surface area contributed by atoms with Gasteiger partial charge < -0.3 is 4.90 Å². The average Bonchev–Trinajstić information content (AvgIpc) is 2.84. The van der Waals surface area contributed by atoms with Gasteiger partial charge in [-0.1, -0.05) is 103 Å². The van der Waals surface area contributed by atoms with Crippen LogP contribution in [0.3, 0.4) is 0 Å². The highest BCUT2D eigenvalue weighted by Crippen LogP contribution is 2.27. The Balaban J connectivity index is 1.61. The van der Waals surface area contributed by atoms with Crippen molar-refractivity contribution in [3.05, 3.63) is 144 Å². The van der Waals surface area contributed by atoms with Gasteiger partial charge in [-0.25, -0.2) is 0 Å². The number of hydrogen-bond donors (Lipinski definition) is 0. The van der Waals surface area contributed by atoms with Gasteiger partial charge in [-0.2, -0.15) is 0 Å². The molecule has 4 aromatic carbocycles. The Kier molecular flexibility index (Phi) is 6.44. The Hall–Kier alpha value is -3.84. The molecule has 0 aliphatic heterocycles. The number of allylic oxidation sites excluding steroid dienone is 1. The monoisotopic (exact) mass is 401 g/mol. The molecule has 0 amide bonds. The van der Waals surface area contributed by atoms with Gasteiger partial charge in [-0.05, 0) is 58.5 Å². The summed E-state index contributed by atoms with van der Waals surface area (Å²) in [6.45, 7) is 2.15. The molecule has 0 aliphatic rings. The maximum Gasteiger partial charge on any atom is 0.0403 e. The standard InChI is InChI=1S/C30H27N/c1-24(26-12-6-3-7-13-26)23-31(2)29-20-18-25(19-21-29)22-30(27-14-8-4-9-15-27)28-16-10-5-11-17-28/h3-23H,1-2H3. The lowest BCUT2D eigenvalue weighted by Gasteiger charge is -2.16. The topological polar surface area (TPSA) is 3.24 Å². The van der Waals surface area contributed by atoms with E-state index in [0.717, 1.165) is 5.69 Å². The van der Waals surface area contributed by atoms with E-state index < -0.39 is 0 Å². The van der Waals surface area contributed by atoms with Crippen molar-refractivity contribution < 1.29 is 0 Å². The van der Waals surface area contributed by atoms with E-state index in [0.29, 0.717) is 0 Å². The van der Waals surface area contributed by atoms with E-state index in [9.17, 15) is 0 Å². The van der Waals surface area contributed by atoms with Crippen molar-refractivity contribution >= 4 is 22.9 Å². The molecular formula is C30H27N. The summed E-state index contributed by atoms with van der Waals surface area (Å²) in [5, 5.41) is 0. The molecule has 0 spiro atoms. The third kappa shape index (κ3) is 5.21. The van der Waals surface area contributed by atoms with Gasteiger partial charge in [-0.15, -0.1) is 0 Å². The molecule has 0 aliphatic carbocycles. The fraction of sp³-hybridized carbons (Fsp3) is 0.0667. The van der Waals surface area contributed by atoms with Crippen LogP contribution in [-0.2, 0) is 0 Å². The molecule has 0 heterocycles. The van der Waals surface area contributed by atoms with E-state index in [2.05, 4.69) is 140 Å². The zero-order valence-corrected chi connectivity index (χ0v) is 18.1. The molecule has 0 aromatic heterocycles. The van der Waals surface area contributed by atoms with Crippen LogP contribution < -0.4 is 4.90 Å². The number of anilines is 1. The average molecular weight is 402 g/mol. The van der Waals surface area contributed by atoms with Crippen LogP contribution >= 0.6 is 0 Å². The number of rotatable bonds is 6. The highest BCUT2D eigenvalue weighted by atomic mass is 15.1. The van der Waals surface area contributed by atoms with Gasteiger partial charge in [0.2, 0.25) is 0 Å². The van der Waals surface area contributed by atoms with Gasteiger partial charge in [0.25, 0.3) is 0 Å². The predicted octanol–water partition coefficient (Wildman–Crippen LogP) is 7.77. The van der Waals surface area contributed by atoms with Crippen LogP contribution in [0.5, 0.6) is 0 Å². The third-order valence-electron chi connectivity index (χ3n) is 5.40. The maximum absolute atomic E-state index is 2.26. The summed E-state index contributed by atoms with van der Waals surface area (Å²) < 4.78 is 0. The summed E-state index contributed by atoms with van der Waals surface area (Å²) in [5.74, 6) is 0. The van der Waals surface area contributed by atoms with Crippen LogP contribution in [0.4, 0.5) is 5.69 Å². The minimum absolute atomic E-state index is 1.16. The van der Waals surface area contributed by atoms with Crippen LogP contribution in [-0.4, -0.2) is 7.05 Å². The zero-order valence-electron chi connectivity index (χ0n) is 18.1. The maximum atomic E-state index is 2.26. The fourth-order valence-electron chi connectivity index (χ4n) is 3.68. The molecule has 0 bridgehead atoms. The molecule has 1 heteroatoms. The van der Waals surface area contributed by atoms with Gasteiger partial charge in [0.15, 0.2) is 0 Å². The lowest BCUT2D eigenvalue weighted by molar-refractivity contribution is 1.20. The highest BCUT2D eigenvalue weighted by Gasteiger charge is 2.06. The molecule has 4 rings (SSSR count). The first-order valence-corrected chi connectivity index (χ1v) is 10.6. The molecule has 0 saturated heterocycles. The van der Waals surface area contributed by atoms with Gasteiger partial charge >= 0.3 is 0 Å². The number of nitrogens with zero attached hydrogens (tertiary/aromatic N) is 1. The van der Waals surface area contributed by atoms with Crippen LogP contribution in [0, 0.1) is 0 Å². The van der Waals surface area contributed by atoms with Crippen LogP contribution in [0.1, 0.15) is 29.2 Å². The Bertz CT molecular complexity index is 1110. The molecule has 0 unspecified atom stereocenters.